The Balaban J connectivity index is 2.23. The second-order valence-corrected chi connectivity index (χ2v) is 3.61. The van der Waals surface area contributed by atoms with Crippen LogP contribution in [0.1, 0.15) is 12.1 Å². The fourth-order valence-corrected chi connectivity index (χ4v) is 1.71. The fourth-order valence-electron chi connectivity index (χ4n) is 1.71. The summed E-state index contributed by atoms with van der Waals surface area (Å²) >= 11 is 0. The summed E-state index contributed by atoms with van der Waals surface area (Å²) in [6.07, 6.45) is -0.0658. The second-order valence-electron chi connectivity index (χ2n) is 3.61. The normalized spacial score (nSPS) is 35.7. The van der Waals surface area contributed by atoms with Gasteiger partial charge in [-0.1, -0.05) is 6.07 Å². The molecule has 0 saturated carbocycles. The van der Waals surface area contributed by atoms with E-state index in [-0.39, 0.29) is 13.0 Å². The minimum Gasteiger partial charge on any atom is -0.394 e. The molecule has 15 heavy (non-hydrogen) atoms. The van der Waals surface area contributed by atoms with Crippen LogP contribution in [0.15, 0.2) is 24.4 Å². The molecule has 1 saturated heterocycles. The van der Waals surface area contributed by atoms with Gasteiger partial charge in [0.05, 0.1) is 18.4 Å². The number of aromatic nitrogens is 1. The quantitative estimate of drug-likeness (QED) is 0.606. The Labute approximate surface area is 87.0 Å². The summed E-state index contributed by atoms with van der Waals surface area (Å²) in [7, 11) is 0. The van der Waals surface area contributed by atoms with E-state index in [0.29, 0.717) is 5.69 Å². The minimum absolute atomic E-state index is 0.0231. The maximum atomic E-state index is 10.1. The summed E-state index contributed by atoms with van der Waals surface area (Å²) in [6, 6.07) is 5.07. The minimum atomic E-state index is -1.59. The summed E-state index contributed by atoms with van der Waals surface area (Å²) in [5, 5.41) is 28.5. The maximum absolute atomic E-state index is 10.1. The van der Waals surface area contributed by atoms with Gasteiger partial charge in [0, 0.05) is 12.6 Å². The lowest BCUT2D eigenvalue weighted by molar-refractivity contribution is -0.209. The summed E-state index contributed by atoms with van der Waals surface area (Å²) in [5.74, 6) is -1.59. The predicted molar refractivity (Wildman–Crippen MR) is 50.7 cm³/mol. The van der Waals surface area contributed by atoms with Gasteiger partial charge in [-0.05, 0) is 12.1 Å². The van der Waals surface area contributed by atoms with E-state index in [9.17, 15) is 10.2 Å². The number of aliphatic hydroxyl groups excluding tert-OH is 2. The van der Waals surface area contributed by atoms with Crippen molar-refractivity contribution in [3.8, 4) is 0 Å². The van der Waals surface area contributed by atoms with Crippen molar-refractivity contribution in [2.45, 2.75) is 24.4 Å². The molecular weight excluding hydrogens is 198 g/mol. The van der Waals surface area contributed by atoms with Gasteiger partial charge in [0.2, 0.25) is 5.79 Å². The van der Waals surface area contributed by atoms with E-state index in [0.717, 1.165) is 0 Å². The predicted octanol–water partition coefficient (Wildman–Crippen LogP) is -0.631. The molecule has 0 unspecified atom stereocenters. The molecule has 1 aliphatic heterocycles. The van der Waals surface area contributed by atoms with Crippen LogP contribution in [0.2, 0.25) is 0 Å². The number of rotatable bonds is 2. The van der Waals surface area contributed by atoms with E-state index in [2.05, 4.69) is 4.98 Å². The fraction of sp³-hybridized carbons (Fsp3) is 0.500. The average Bonchev–Trinajstić information content (AvgIpc) is 2.56. The van der Waals surface area contributed by atoms with E-state index in [1.165, 1.54) is 6.20 Å². The third-order valence-corrected chi connectivity index (χ3v) is 2.51. The molecule has 0 spiro atoms. The lowest BCUT2D eigenvalue weighted by Gasteiger charge is -2.21. The van der Waals surface area contributed by atoms with Crippen molar-refractivity contribution >= 4 is 0 Å². The number of hydrogen-bond donors (Lipinski definition) is 3. The van der Waals surface area contributed by atoms with Gasteiger partial charge >= 0.3 is 0 Å². The second kappa shape index (κ2) is 3.86. The smallest absolute Gasteiger partial charge is 0.212 e. The molecule has 3 atom stereocenters. The van der Waals surface area contributed by atoms with Crippen LogP contribution < -0.4 is 0 Å². The first-order valence-electron chi connectivity index (χ1n) is 4.76. The van der Waals surface area contributed by atoms with Crippen LogP contribution in [-0.4, -0.2) is 39.1 Å². The number of ether oxygens (including phenoxy) is 1. The zero-order valence-corrected chi connectivity index (χ0v) is 8.08. The largest absolute Gasteiger partial charge is 0.394 e. The van der Waals surface area contributed by atoms with Gasteiger partial charge in [-0.25, -0.2) is 0 Å². The standard InChI is InChI=1S/C10H13NO4/c12-6-8-7(13)5-10(14,15-8)9-3-1-2-4-11-9/h1-4,7-8,12-14H,5-6H2/t7-,8+,10-/m0/s1. The molecule has 82 valence electrons. The molecule has 1 fully saturated rings. The van der Waals surface area contributed by atoms with Crippen LogP contribution >= 0.6 is 0 Å². The van der Waals surface area contributed by atoms with Crippen molar-refractivity contribution in [3.63, 3.8) is 0 Å². The highest BCUT2D eigenvalue weighted by molar-refractivity contribution is 5.12. The van der Waals surface area contributed by atoms with Crippen molar-refractivity contribution < 1.29 is 20.1 Å². The van der Waals surface area contributed by atoms with Crippen LogP contribution in [0.25, 0.3) is 0 Å². The van der Waals surface area contributed by atoms with Gasteiger partial charge < -0.3 is 20.1 Å². The summed E-state index contributed by atoms with van der Waals surface area (Å²) in [4.78, 5) is 3.97. The molecule has 3 N–H and O–H groups in total. The molecule has 0 aromatic carbocycles. The zero-order valence-electron chi connectivity index (χ0n) is 8.08. The van der Waals surface area contributed by atoms with Gasteiger partial charge in [-0.2, -0.15) is 0 Å². The van der Waals surface area contributed by atoms with Crippen LogP contribution in [0, 0.1) is 0 Å². The zero-order chi connectivity index (χ0) is 10.9. The van der Waals surface area contributed by atoms with E-state index >= 15 is 0 Å². The highest BCUT2D eigenvalue weighted by Crippen LogP contribution is 2.35. The van der Waals surface area contributed by atoms with E-state index < -0.39 is 18.0 Å². The van der Waals surface area contributed by atoms with Crippen molar-refractivity contribution in [2.75, 3.05) is 6.61 Å². The molecule has 1 aliphatic rings. The van der Waals surface area contributed by atoms with Crippen LogP contribution in [0.5, 0.6) is 0 Å². The van der Waals surface area contributed by atoms with Gasteiger partial charge in [0.25, 0.3) is 0 Å². The van der Waals surface area contributed by atoms with Crippen LogP contribution in [0.4, 0.5) is 0 Å². The van der Waals surface area contributed by atoms with Gasteiger partial charge in [-0.3, -0.25) is 4.98 Å². The van der Waals surface area contributed by atoms with Crippen molar-refractivity contribution in [1.29, 1.82) is 0 Å². The molecule has 5 nitrogen and oxygen atoms in total. The SMILES string of the molecule is OC[C@H]1O[C@](O)(c2ccccn2)C[C@@H]1O. The Morgan fingerprint density at radius 2 is 2.33 bits per heavy atom. The Morgan fingerprint density at radius 3 is 2.87 bits per heavy atom. The number of nitrogens with zero attached hydrogens (tertiary/aromatic N) is 1. The molecule has 0 radical (unpaired) electrons. The molecule has 5 heteroatoms. The third kappa shape index (κ3) is 1.87. The van der Waals surface area contributed by atoms with E-state index in [1.54, 1.807) is 18.2 Å². The van der Waals surface area contributed by atoms with Crippen LogP contribution in [-0.2, 0) is 10.5 Å². The Morgan fingerprint density at radius 1 is 1.53 bits per heavy atom. The summed E-state index contributed by atoms with van der Waals surface area (Å²) < 4.78 is 5.19. The highest BCUT2D eigenvalue weighted by Gasteiger charge is 2.46. The topological polar surface area (TPSA) is 82.8 Å². The van der Waals surface area contributed by atoms with E-state index in [1.807, 2.05) is 0 Å². The van der Waals surface area contributed by atoms with E-state index in [4.69, 9.17) is 9.84 Å². The molecule has 0 bridgehead atoms. The van der Waals surface area contributed by atoms with Crippen molar-refractivity contribution in [3.05, 3.63) is 30.1 Å². The molecular formula is C10H13NO4. The maximum Gasteiger partial charge on any atom is 0.212 e. The molecule has 0 amide bonds. The molecule has 1 aromatic rings. The Kier molecular flexibility index (Phi) is 2.70. The molecule has 0 aliphatic carbocycles. The lowest BCUT2D eigenvalue weighted by atomic mass is 10.1. The molecule has 2 heterocycles. The van der Waals surface area contributed by atoms with Crippen molar-refractivity contribution in [2.24, 2.45) is 0 Å². The first-order valence-corrected chi connectivity index (χ1v) is 4.76. The van der Waals surface area contributed by atoms with Crippen molar-refractivity contribution in [1.82, 2.24) is 4.98 Å². The van der Waals surface area contributed by atoms with Gasteiger partial charge in [0.1, 0.15) is 6.10 Å². The van der Waals surface area contributed by atoms with Crippen LogP contribution in [0.3, 0.4) is 0 Å². The Hall–Kier alpha value is -1.01. The first kappa shape index (κ1) is 10.5. The summed E-state index contributed by atoms with van der Waals surface area (Å²) in [6.45, 7) is -0.323. The van der Waals surface area contributed by atoms with Gasteiger partial charge in [-0.15, -0.1) is 0 Å². The third-order valence-electron chi connectivity index (χ3n) is 2.51. The summed E-state index contributed by atoms with van der Waals surface area (Å²) in [5.41, 5.74) is 0.347. The monoisotopic (exact) mass is 211 g/mol. The lowest BCUT2D eigenvalue weighted by Crippen LogP contribution is -2.28. The number of pyridine rings is 1. The average molecular weight is 211 g/mol. The molecule has 2 rings (SSSR count). The Bertz CT molecular complexity index is 331. The number of aliphatic hydroxyl groups is 3. The highest BCUT2D eigenvalue weighted by atomic mass is 16.7. The molecule has 1 aromatic heterocycles. The number of hydrogen-bond acceptors (Lipinski definition) is 5. The first-order chi connectivity index (χ1) is 7.15. The van der Waals surface area contributed by atoms with Gasteiger partial charge in [0.15, 0.2) is 0 Å².